The molecule has 1 aromatic carbocycles. The highest BCUT2D eigenvalue weighted by Gasteiger charge is 1.98. The molecule has 4 N–H and O–H groups in total. The first-order chi connectivity index (χ1) is 5.70. The summed E-state index contributed by atoms with van der Waals surface area (Å²) >= 11 is 0. The van der Waals surface area contributed by atoms with Crippen LogP contribution in [-0.2, 0) is 0 Å². The first kappa shape index (κ1) is 10.4. The molecule has 0 saturated heterocycles. The van der Waals surface area contributed by atoms with Crippen molar-refractivity contribution in [2.24, 2.45) is 0 Å². The molecule has 0 amide bonds. The quantitative estimate of drug-likeness (QED) is 0.537. The molecule has 1 rings (SSSR count). The molecule has 66 valence electrons. The number of rotatable bonds is 1. The number of aromatic carboxylic acids is 1. The number of hydrogen-bond donors (Lipinski definition) is 3. The summed E-state index contributed by atoms with van der Waals surface area (Å²) < 4.78 is 0. The summed E-state index contributed by atoms with van der Waals surface area (Å²) in [5, 5.41) is 15.4. The Morgan fingerprint density at radius 3 is 2.00 bits per heavy atom. The van der Waals surface area contributed by atoms with Gasteiger partial charge >= 0.3 is 5.97 Å². The van der Waals surface area contributed by atoms with E-state index in [1.807, 2.05) is 0 Å². The Labute approximate surface area is 70.3 Å². The Morgan fingerprint density at radius 2 is 1.67 bits per heavy atom. The highest BCUT2D eigenvalue weighted by atomic mass is 16.4. The summed E-state index contributed by atoms with van der Waals surface area (Å²) in [5.41, 5.74) is 6.17. The highest BCUT2D eigenvalue weighted by Crippen LogP contribution is 2.04. The monoisotopic (exact) mass is 169 g/mol. The van der Waals surface area contributed by atoms with Gasteiger partial charge in [0.05, 0.1) is 5.56 Å². The number of benzene rings is 1. The van der Waals surface area contributed by atoms with E-state index < -0.39 is 5.97 Å². The highest BCUT2D eigenvalue weighted by molar-refractivity contribution is 5.87. The molecule has 0 spiro atoms. The van der Waals surface area contributed by atoms with Crippen molar-refractivity contribution in [3.63, 3.8) is 0 Å². The molecule has 0 bridgehead atoms. The fourth-order valence-electron chi connectivity index (χ4n) is 0.626. The predicted octanol–water partition coefficient (Wildman–Crippen LogP) is 0.575. The van der Waals surface area contributed by atoms with Gasteiger partial charge < -0.3 is 15.9 Å². The van der Waals surface area contributed by atoms with Crippen LogP contribution in [0.3, 0.4) is 0 Å². The molecular weight excluding hydrogens is 158 g/mol. The van der Waals surface area contributed by atoms with Crippen molar-refractivity contribution >= 4 is 11.7 Å². The van der Waals surface area contributed by atoms with Gasteiger partial charge in [-0.25, -0.2) is 4.79 Å². The van der Waals surface area contributed by atoms with Crippen LogP contribution in [0.1, 0.15) is 10.4 Å². The maximum Gasteiger partial charge on any atom is 0.335 e. The number of carboxylic acid groups (broad SMARTS) is 1. The maximum atomic E-state index is 10.3. The number of nitrogen functional groups attached to an aromatic ring is 1. The second kappa shape index (κ2) is 5.15. The standard InChI is InChI=1S/C7H7NO2.CH4O/c8-6-3-1-5(2-4-6)7(9)10;1-2/h1-4H,8H2,(H,9,10);2H,1H3. The van der Waals surface area contributed by atoms with E-state index in [9.17, 15) is 4.79 Å². The number of hydrogen-bond acceptors (Lipinski definition) is 3. The minimum Gasteiger partial charge on any atom is -0.478 e. The third-order valence-electron chi connectivity index (χ3n) is 1.16. The van der Waals surface area contributed by atoms with Crippen LogP contribution in [0.15, 0.2) is 24.3 Å². The third kappa shape index (κ3) is 3.03. The Hall–Kier alpha value is -1.55. The van der Waals surface area contributed by atoms with Gasteiger partial charge in [0, 0.05) is 12.8 Å². The lowest BCUT2D eigenvalue weighted by molar-refractivity contribution is 0.0697. The van der Waals surface area contributed by atoms with Crippen molar-refractivity contribution in [1.29, 1.82) is 0 Å². The van der Waals surface area contributed by atoms with E-state index >= 15 is 0 Å². The molecule has 0 radical (unpaired) electrons. The Bertz CT molecular complexity index is 243. The lowest BCUT2D eigenvalue weighted by atomic mass is 10.2. The predicted molar refractivity (Wildman–Crippen MR) is 46.0 cm³/mol. The SMILES string of the molecule is CO.Nc1ccc(C(=O)O)cc1. The van der Waals surface area contributed by atoms with Crippen LogP contribution in [0, 0.1) is 0 Å². The molecule has 0 atom stereocenters. The lowest BCUT2D eigenvalue weighted by Gasteiger charge is -1.93. The molecule has 0 aliphatic rings. The number of carbonyl (C=O) groups is 1. The molecule has 12 heavy (non-hydrogen) atoms. The molecule has 0 fully saturated rings. The third-order valence-corrected chi connectivity index (χ3v) is 1.16. The van der Waals surface area contributed by atoms with Crippen LogP contribution in [0.2, 0.25) is 0 Å². The van der Waals surface area contributed by atoms with Crippen molar-refractivity contribution in [3.8, 4) is 0 Å². The van der Waals surface area contributed by atoms with Gasteiger partial charge in [-0.05, 0) is 24.3 Å². The first-order valence-electron chi connectivity index (χ1n) is 3.23. The Balaban J connectivity index is 0.000000561. The fraction of sp³-hybridized carbons (Fsp3) is 0.125. The van der Waals surface area contributed by atoms with Gasteiger partial charge in [0.1, 0.15) is 0 Å². The lowest BCUT2D eigenvalue weighted by Crippen LogP contribution is -1.95. The zero-order valence-electron chi connectivity index (χ0n) is 6.69. The Kier molecular flexibility index (Phi) is 4.48. The van der Waals surface area contributed by atoms with Gasteiger partial charge in [-0.15, -0.1) is 0 Å². The van der Waals surface area contributed by atoms with Crippen molar-refractivity contribution in [3.05, 3.63) is 29.8 Å². The summed E-state index contributed by atoms with van der Waals surface area (Å²) in [6, 6.07) is 6.06. The second-order valence-electron chi connectivity index (χ2n) is 1.93. The van der Waals surface area contributed by atoms with Gasteiger partial charge in [0.25, 0.3) is 0 Å². The minimum absolute atomic E-state index is 0.259. The van der Waals surface area contributed by atoms with Gasteiger partial charge in [-0.2, -0.15) is 0 Å². The number of anilines is 1. The largest absolute Gasteiger partial charge is 0.478 e. The molecule has 0 aromatic heterocycles. The summed E-state index contributed by atoms with van der Waals surface area (Å²) in [6.45, 7) is 0. The van der Waals surface area contributed by atoms with Gasteiger partial charge in [-0.1, -0.05) is 0 Å². The van der Waals surface area contributed by atoms with Crippen LogP contribution in [0.5, 0.6) is 0 Å². The maximum absolute atomic E-state index is 10.3. The van der Waals surface area contributed by atoms with E-state index in [2.05, 4.69) is 0 Å². The van der Waals surface area contributed by atoms with Crippen LogP contribution < -0.4 is 5.73 Å². The summed E-state index contributed by atoms with van der Waals surface area (Å²) in [7, 11) is 1.00. The van der Waals surface area contributed by atoms with Gasteiger partial charge in [-0.3, -0.25) is 0 Å². The smallest absolute Gasteiger partial charge is 0.335 e. The molecule has 0 heterocycles. The van der Waals surface area contributed by atoms with E-state index in [0.29, 0.717) is 5.69 Å². The topological polar surface area (TPSA) is 83.5 Å². The molecule has 1 aromatic rings. The molecular formula is C8H11NO3. The van der Waals surface area contributed by atoms with Crippen molar-refractivity contribution < 1.29 is 15.0 Å². The van der Waals surface area contributed by atoms with E-state index in [1.165, 1.54) is 12.1 Å². The number of nitrogens with two attached hydrogens (primary N) is 1. The van der Waals surface area contributed by atoms with Crippen LogP contribution in [0.25, 0.3) is 0 Å². The molecule has 4 heteroatoms. The first-order valence-corrected chi connectivity index (χ1v) is 3.23. The molecule has 0 saturated carbocycles. The van der Waals surface area contributed by atoms with E-state index in [4.69, 9.17) is 15.9 Å². The van der Waals surface area contributed by atoms with Gasteiger partial charge in [0.15, 0.2) is 0 Å². The molecule has 4 nitrogen and oxygen atoms in total. The second-order valence-corrected chi connectivity index (χ2v) is 1.93. The van der Waals surface area contributed by atoms with Crippen molar-refractivity contribution in [2.75, 3.05) is 12.8 Å². The number of carboxylic acids is 1. The molecule has 0 aliphatic heterocycles. The van der Waals surface area contributed by atoms with E-state index in [-0.39, 0.29) is 5.56 Å². The van der Waals surface area contributed by atoms with Crippen molar-refractivity contribution in [1.82, 2.24) is 0 Å². The molecule has 0 unspecified atom stereocenters. The summed E-state index contributed by atoms with van der Waals surface area (Å²) in [4.78, 5) is 10.3. The van der Waals surface area contributed by atoms with Crippen LogP contribution in [0.4, 0.5) is 5.69 Å². The zero-order chi connectivity index (χ0) is 9.56. The average Bonchev–Trinajstić information content (AvgIpc) is 2.09. The average molecular weight is 169 g/mol. The number of aliphatic hydroxyl groups excluding tert-OH is 1. The van der Waals surface area contributed by atoms with E-state index in [0.717, 1.165) is 7.11 Å². The number of aliphatic hydroxyl groups is 1. The summed E-state index contributed by atoms with van der Waals surface area (Å²) in [6.07, 6.45) is 0. The Morgan fingerprint density at radius 1 is 1.25 bits per heavy atom. The fourth-order valence-corrected chi connectivity index (χ4v) is 0.626. The van der Waals surface area contributed by atoms with Gasteiger partial charge in [0.2, 0.25) is 0 Å². The summed E-state index contributed by atoms with van der Waals surface area (Å²) in [5.74, 6) is -0.931. The molecule has 0 aliphatic carbocycles. The van der Waals surface area contributed by atoms with Crippen molar-refractivity contribution in [2.45, 2.75) is 0 Å². The van der Waals surface area contributed by atoms with Crippen LogP contribution in [-0.4, -0.2) is 23.3 Å². The zero-order valence-corrected chi connectivity index (χ0v) is 6.69. The van der Waals surface area contributed by atoms with Crippen LogP contribution >= 0.6 is 0 Å². The normalized spacial score (nSPS) is 8.17. The van der Waals surface area contributed by atoms with E-state index in [1.54, 1.807) is 12.1 Å². The minimum atomic E-state index is -0.931.